The molecule has 1 heterocycles. The average Bonchev–Trinajstić information content (AvgIpc) is 2.82. The fourth-order valence-electron chi connectivity index (χ4n) is 2.61. The van der Waals surface area contributed by atoms with E-state index in [0.717, 1.165) is 5.39 Å². The number of benzene rings is 2. The zero-order valence-corrected chi connectivity index (χ0v) is 12.5. The molecule has 1 aromatic heterocycles. The highest BCUT2D eigenvalue weighted by atomic mass is 19.4. The van der Waals surface area contributed by atoms with E-state index in [0.29, 0.717) is 16.6 Å². The molecule has 0 spiro atoms. The molecule has 0 aliphatic rings. The van der Waals surface area contributed by atoms with Crippen LogP contribution in [-0.2, 0) is 7.05 Å². The molecule has 0 radical (unpaired) electrons. The summed E-state index contributed by atoms with van der Waals surface area (Å²) in [5, 5.41) is 9.81. The zero-order chi connectivity index (χ0) is 17.5. The number of hydrogen-bond acceptors (Lipinski definition) is 2. The summed E-state index contributed by atoms with van der Waals surface area (Å²) in [6.45, 7) is 0. The first-order valence-electron chi connectivity index (χ1n) is 6.93. The summed E-state index contributed by atoms with van der Waals surface area (Å²) in [6, 6.07) is 10.3. The highest BCUT2D eigenvalue weighted by Crippen LogP contribution is 2.33. The molecule has 0 saturated carbocycles. The van der Waals surface area contributed by atoms with Gasteiger partial charge in [-0.2, -0.15) is 0 Å². The van der Waals surface area contributed by atoms with Crippen LogP contribution >= 0.6 is 0 Å². The van der Waals surface area contributed by atoms with Crippen molar-refractivity contribution >= 4 is 16.9 Å². The Bertz CT molecular complexity index is 928. The Morgan fingerprint density at radius 2 is 1.92 bits per heavy atom. The van der Waals surface area contributed by atoms with Crippen LogP contribution in [0, 0.1) is 0 Å². The fraction of sp³-hybridized carbons (Fsp3) is 0.118. The van der Waals surface area contributed by atoms with E-state index in [1.54, 1.807) is 29.9 Å². The molecule has 0 unspecified atom stereocenters. The number of aromatic carboxylic acids is 1. The maximum atomic E-state index is 12.4. The van der Waals surface area contributed by atoms with Gasteiger partial charge in [-0.1, -0.05) is 18.2 Å². The van der Waals surface area contributed by atoms with Gasteiger partial charge >= 0.3 is 12.3 Å². The Morgan fingerprint density at radius 3 is 2.58 bits per heavy atom. The van der Waals surface area contributed by atoms with Crippen molar-refractivity contribution < 1.29 is 27.8 Å². The van der Waals surface area contributed by atoms with Crippen molar-refractivity contribution in [2.75, 3.05) is 0 Å². The summed E-state index contributed by atoms with van der Waals surface area (Å²) in [5.41, 5.74) is 2.05. The Labute approximate surface area is 134 Å². The van der Waals surface area contributed by atoms with Crippen molar-refractivity contribution in [2.24, 2.45) is 7.05 Å². The molecule has 0 fully saturated rings. The van der Waals surface area contributed by atoms with Gasteiger partial charge in [-0.15, -0.1) is 13.2 Å². The smallest absolute Gasteiger partial charge is 0.478 e. The highest BCUT2D eigenvalue weighted by Gasteiger charge is 2.31. The van der Waals surface area contributed by atoms with Crippen LogP contribution in [0.5, 0.6) is 5.75 Å². The van der Waals surface area contributed by atoms with Crippen LogP contribution in [0.4, 0.5) is 13.2 Å². The number of hydrogen-bond donors (Lipinski definition) is 1. The second-order valence-corrected chi connectivity index (χ2v) is 5.27. The Morgan fingerprint density at radius 1 is 1.17 bits per heavy atom. The Balaban J connectivity index is 2.10. The fourth-order valence-corrected chi connectivity index (χ4v) is 2.61. The third-order valence-corrected chi connectivity index (χ3v) is 3.62. The number of ether oxygens (including phenoxy) is 1. The van der Waals surface area contributed by atoms with Crippen LogP contribution in [0.2, 0.25) is 0 Å². The van der Waals surface area contributed by atoms with E-state index in [2.05, 4.69) is 4.74 Å². The lowest BCUT2D eigenvalue weighted by Gasteiger charge is -2.09. The largest absolute Gasteiger partial charge is 0.573 e. The number of alkyl halides is 3. The first-order chi connectivity index (χ1) is 11.2. The molecule has 4 nitrogen and oxygen atoms in total. The van der Waals surface area contributed by atoms with Gasteiger partial charge in [-0.05, 0) is 29.8 Å². The third kappa shape index (κ3) is 3.05. The summed E-state index contributed by atoms with van der Waals surface area (Å²) in [6.07, 6.45) is -3.02. The SMILES string of the molecule is Cn1cc(-c2cccc(OC(F)(F)F)c2)c2ccc(C(=O)O)cc21. The van der Waals surface area contributed by atoms with Gasteiger partial charge in [0, 0.05) is 29.7 Å². The summed E-state index contributed by atoms with van der Waals surface area (Å²) < 4.78 is 42.8. The molecule has 2 aromatic carbocycles. The van der Waals surface area contributed by atoms with E-state index in [4.69, 9.17) is 5.11 Å². The lowest BCUT2D eigenvalue weighted by atomic mass is 10.0. The molecule has 7 heteroatoms. The summed E-state index contributed by atoms with van der Waals surface area (Å²) >= 11 is 0. The number of halogens is 3. The van der Waals surface area contributed by atoms with Crippen molar-refractivity contribution in [3.05, 3.63) is 54.2 Å². The molecule has 0 saturated heterocycles. The molecule has 124 valence electrons. The van der Waals surface area contributed by atoms with E-state index >= 15 is 0 Å². The predicted molar refractivity (Wildman–Crippen MR) is 82.0 cm³/mol. The van der Waals surface area contributed by atoms with Gasteiger partial charge in [-0.25, -0.2) is 4.79 Å². The number of aryl methyl sites for hydroxylation is 1. The third-order valence-electron chi connectivity index (χ3n) is 3.62. The van der Waals surface area contributed by atoms with Gasteiger partial charge in [0.05, 0.1) is 5.56 Å². The van der Waals surface area contributed by atoms with Gasteiger partial charge in [0.2, 0.25) is 0 Å². The van der Waals surface area contributed by atoms with Crippen molar-refractivity contribution in [3.63, 3.8) is 0 Å². The van der Waals surface area contributed by atoms with Crippen molar-refractivity contribution in [2.45, 2.75) is 6.36 Å². The predicted octanol–water partition coefficient (Wildman–Crippen LogP) is 4.44. The van der Waals surface area contributed by atoms with Crippen LogP contribution in [0.25, 0.3) is 22.0 Å². The molecule has 0 atom stereocenters. The second-order valence-electron chi connectivity index (χ2n) is 5.27. The number of fused-ring (bicyclic) bond motifs is 1. The van der Waals surface area contributed by atoms with Gasteiger partial charge in [-0.3, -0.25) is 0 Å². The lowest BCUT2D eigenvalue weighted by molar-refractivity contribution is -0.274. The Hall–Kier alpha value is -2.96. The van der Waals surface area contributed by atoms with Gasteiger partial charge < -0.3 is 14.4 Å². The quantitative estimate of drug-likeness (QED) is 0.770. The standard InChI is InChI=1S/C17H12F3NO3/c1-21-9-14(13-6-5-11(16(22)23)8-15(13)21)10-3-2-4-12(7-10)24-17(18,19)20/h2-9H,1H3,(H,22,23). The number of aromatic nitrogens is 1. The van der Waals surface area contributed by atoms with E-state index < -0.39 is 12.3 Å². The highest BCUT2D eigenvalue weighted by molar-refractivity contribution is 6.00. The van der Waals surface area contributed by atoms with Crippen LogP contribution < -0.4 is 4.74 Å². The van der Waals surface area contributed by atoms with Crippen molar-refractivity contribution in [1.82, 2.24) is 4.57 Å². The first kappa shape index (κ1) is 15.9. The number of rotatable bonds is 3. The number of carboxylic acids is 1. The maximum Gasteiger partial charge on any atom is 0.573 e. The van der Waals surface area contributed by atoms with Crippen LogP contribution in [0.1, 0.15) is 10.4 Å². The molecular weight excluding hydrogens is 323 g/mol. The lowest BCUT2D eigenvalue weighted by Crippen LogP contribution is -2.17. The van der Waals surface area contributed by atoms with E-state index in [9.17, 15) is 18.0 Å². The number of carboxylic acid groups (broad SMARTS) is 1. The molecule has 3 aromatic rings. The molecular formula is C17H12F3NO3. The zero-order valence-electron chi connectivity index (χ0n) is 12.5. The van der Waals surface area contributed by atoms with E-state index in [1.165, 1.54) is 30.3 Å². The topological polar surface area (TPSA) is 51.5 Å². The minimum absolute atomic E-state index is 0.143. The Kier molecular flexibility index (Phi) is 3.71. The van der Waals surface area contributed by atoms with Gasteiger partial charge in [0.15, 0.2) is 0 Å². The molecule has 1 N–H and O–H groups in total. The minimum Gasteiger partial charge on any atom is -0.478 e. The molecule has 0 amide bonds. The number of carbonyl (C=O) groups is 1. The monoisotopic (exact) mass is 335 g/mol. The van der Waals surface area contributed by atoms with Crippen LogP contribution in [-0.4, -0.2) is 22.0 Å². The average molecular weight is 335 g/mol. The normalized spacial score (nSPS) is 11.7. The van der Waals surface area contributed by atoms with E-state index in [1.807, 2.05) is 0 Å². The number of nitrogens with zero attached hydrogens (tertiary/aromatic N) is 1. The second kappa shape index (κ2) is 5.59. The molecule has 24 heavy (non-hydrogen) atoms. The van der Waals surface area contributed by atoms with E-state index in [-0.39, 0.29) is 11.3 Å². The maximum absolute atomic E-state index is 12.4. The summed E-state index contributed by atoms with van der Waals surface area (Å²) in [5.74, 6) is -1.35. The van der Waals surface area contributed by atoms with Crippen molar-refractivity contribution in [3.8, 4) is 16.9 Å². The molecule has 0 aliphatic carbocycles. The van der Waals surface area contributed by atoms with Gasteiger partial charge in [0.1, 0.15) is 5.75 Å². The minimum atomic E-state index is -4.76. The molecule has 0 bridgehead atoms. The summed E-state index contributed by atoms with van der Waals surface area (Å²) in [7, 11) is 1.74. The van der Waals surface area contributed by atoms with Crippen molar-refractivity contribution in [1.29, 1.82) is 0 Å². The molecule has 3 rings (SSSR count). The van der Waals surface area contributed by atoms with Crippen LogP contribution in [0.3, 0.4) is 0 Å². The van der Waals surface area contributed by atoms with Crippen LogP contribution in [0.15, 0.2) is 48.7 Å². The van der Waals surface area contributed by atoms with Gasteiger partial charge in [0.25, 0.3) is 0 Å². The first-order valence-corrected chi connectivity index (χ1v) is 6.93. The molecule has 0 aliphatic heterocycles. The summed E-state index contributed by atoms with van der Waals surface area (Å²) in [4.78, 5) is 11.1.